The number of hydrogen-bond acceptors (Lipinski definition) is 3. The molecule has 0 unspecified atom stereocenters. The molecule has 0 radical (unpaired) electrons. The van der Waals surface area contributed by atoms with Crippen LogP contribution < -0.4 is 5.32 Å². The summed E-state index contributed by atoms with van der Waals surface area (Å²) in [5, 5.41) is 3.27. The lowest BCUT2D eigenvalue weighted by atomic mass is 10.1. The van der Waals surface area contributed by atoms with Crippen molar-refractivity contribution >= 4 is 5.91 Å². The summed E-state index contributed by atoms with van der Waals surface area (Å²) < 4.78 is 0. The van der Waals surface area contributed by atoms with Gasteiger partial charge in [-0.05, 0) is 19.8 Å². The van der Waals surface area contributed by atoms with Crippen LogP contribution in [0.25, 0.3) is 0 Å². The van der Waals surface area contributed by atoms with Crippen molar-refractivity contribution in [2.45, 2.75) is 40.2 Å². The Bertz CT molecular complexity index is 247. The van der Waals surface area contributed by atoms with Crippen molar-refractivity contribution in [2.75, 3.05) is 39.3 Å². The van der Waals surface area contributed by atoms with Gasteiger partial charge in [-0.15, -0.1) is 0 Å². The maximum atomic E-state index is 12.1. The zero-order valence-corrected chi connectivity index (χ0v) is 12.4. The zero-order chi connectivity index (χ0) is 13.5. The Morgan fingerprint density at radius 2 is 1.83 bits per heavy atom. The van der Waals surface area contributed by atoms with Gasteiger partial charge in [-0.2, -0.15) is 0 Å². The topological polar surface area (TPSA) is 35.6 Å². The van der Waals surface area contributed by atoms with Crippen LogP contribution in [-0.4, -0.2) is 61.0 Å². The first-order valence-corrected chi connectivity index (χ1v) is 7.23. The molecule has 4 nitrogen and oxygen atoms in total. The van der Waals surface area contributed by atoms with Crippen LogP contribution >= 0.6 is 0 Å². The lowest BCUT2D eigenvalue weighted by Crippen LogP contribution is -2.47. The summed E-state index contributed by atoms with van der Waals surface area (Å²) in [6, 6.07) is 0.517. The summed E-state index contributed by atoms with van der Waals surface area (Å²) in [6.07, 6.45) is 0.658. The first kappa shape index (κ1) is 15.4. The fourth-order valence-electron chi connectivity index (χ4n) is 2.34. The zero-order valence-electron chi connectivity index (χ0n) is 12.4. The Labute approximate surface area is 112 Å². The maximum Gasteiger partial charge on any atom is 0.223 e. The van der Waals surface area contributed by atoms with Crippen LogP contribution in [0.1, 0.15) is 34.1 Å². The van der Waals surface area contributed by atoms with E-state index in [1.807, 2.05) is 4.90 Å². The van der Waals surface area contributed by atoms with Crippen LogP contribution in [0.3, 0.4) is 0 Å². The van der Waals surface area contributed by atoms with Crippen LogP contribution in [0.4, 0.5) is 0 Å². The van der Waals surface area contributed by atoms with E-state index in [4.69, 9.17) is 0 Å². The summed E-state index contributed by atoms with van der Waals surface area (Å²) in [7, 11) is 0. The molecule has 1 heterocycles. The number of nitrogens with zero attached hydrogens (tertiary/aromatic N) is 2. The predicted molar refractivity (Wildman–Crippen MR) is 75.6 cm³/mol. The second kappa shape index (κ2) is 7.74. The molecule has 0 atom stereocenters. The minimum absolute atomic E-state index is 0.311. The molecule has 0 aromatic rings. The van der Waals surface area contributed by atoms with E-state index < -0.39 is 0 Å². The number of amides is 1. The van der Waals surface area contributed by atoms with Gasteiger partial charge >= 0.3 is 0 Å². The van der Waals surface area contributed by atoms with Crippen LogP contribution in [0, 0.1) is 5.92 Å². The monoisotopic (exact) mass is 255 g/mol. The van der Waals surface area contributed by atoms with Gasteiger partial charge in [-0.1, -0.05) is 13.8 Å². The fraction of sp³-hybridized carbons (Fsp3) is 0.929. The molecular formula is C14H29N3O. The van der Waals surface area contributed by atoms with Crippen LogP contribution in [-0.2, 0) is 4.79 Å². The smallest absolute Gasteiger partial charge is 0.223 e. The van der Waals surface area contributed by atoms with Crippen molar-refractivity contribution in [3.8, 4) is 0 Å². The molecule has 18 heavy (non-hydrogen) atoms. The second-order valence-corrected chi connectivity index (χ2v) is 5.86. The average Bonchev–Trinajstić information content (AvgIpc) is 2.34. The third-order valence-electron chi connectivity index (χ3n) is 3.41. The molecule has 106 valence electrons. The van der Waals surface area contributed by atoms with Gasteiger partial charge in [0.2, 0.25) is 5.91 Å². The van der Waals surface area contributed by atoms with Crippen LogP contribution in [0.15, 0.2) is 0 Å². The highest BCUT2D eigenvalue weighted by Crippen LogP contribution is 2.06. The molecule has 1 aliphatic heterocycles. The number of rotatable bonds is 6. The van der Waals surface area contributed by atoms with E-state index in [1.54, 1.807) is 0 Å². The minimum Gasteiger partial charge on any atom is -0.340 e. The summed E-state index contributed by atoms with van der Waals surface area (Å²) >= 11 is 0. The van der Waals surface area contributed by atoms with E-state index in [1.165, 1.54) is 0 Å². The highest BCUT2D eigenvalue weighted by Gasteiger charge is 2.18. The van der Waals surface area contributed by atoms with Crippen molar-refractivity contribution in [3.63, 3.8) is 0 Å². The van der Waals surface area contributed by atoms with Gasteiger partial charge in [0.1, 0.15) is 0 Å². The van der Waals surface area contributed by atoms with Gasteiger partial charge in [-0.3, -0.25) is 4.79 Å². The van der Waals surface area contributed by atoms with Crippen molar-refractivity contribution < 1.29 is 4.79 Å². The fourth-order valence-corrected chi connectivity index (χ4v) is 2.34. The molecule has 4 heteroatoms. The van der Waals surface area contributed by atoms with E-state index in [-0.39, 0.29) is 0 Å². The van der Waals surface area contributed by atoms with Crippen molar-refractivity contribution in [2.24, 2.45) is 5.92 Å². The predicted octanol–water partition coefficient (Wildman–Crippen LogP) is 1.17. The molecule has 0 aliphatic carbocycles. The molecule has 0 spiro atoms. The van der Waals surface area contributed by atoms with E-state index >= 15 is 0 Å². The van der Waals surface area contributed by atoms with E-state index in [0.29, 0.717) is 24.3 Å². The third kappa shape index (κ3) is 5.36. The quantitative estimate of drug-likeness (QED) is 0.774. The van der Waals surface area contributed by atoms with E-state index in [9.17, 15) is 4.79 Å². The third-order valence-corrected chi connectivity index (χ3v) is 3.41. The van der Waals surface area contributed by atoms with E-state index in [2.05, 4.69) is 37.9 Å². The summed E-state index contributed by atoms with van der Waals surface area (Å²) in [5.74, 6) is 0.965. The minimum atomic E-state index is 0.311. The number of nitrogens with one attached hydrogen (secondary N) is 1. The number of carbonyl (C=O) groups is 1. The number of hydrogen-bond donors (Lipinski definition) is 1. The van der Waals surface area contributed by atoms with Crippen molar-refractivity contribution in [1.82, 2.24) is 15.1 Å². The first-order valence-electron chi connectivity index (χ1n) is 7.23. The molecule has 1 amide bonds. The molecule has 1 aliphatic rings. The maximum absolute atomic E-state index is 12.1. The standard InChI is InChI=1S/C14H29N3O/c1-12(2)11-17(13(3)4)8-5-14(18)16-9-6-15-7-10-16/h12-13,15H,5-11H2,1-4H3. The van der Waals surface area contributed by atoms with Crippen molar-refractivity contribution in [3.05, 3.63) is 0 Å². The van der Waals surface area contributed by atoms with Gasteiger partial charge in [0, 0.05) is 51.7 Å². The Kier molecular flexibility index (Phi) is 6.65. The molecule has 1 rings (SSSR count). The van der Waals surface area contributed by atoms with Gasteiger partial charge in [0.25, 0.3) is 0 Å². The molecule has 1 fully saturated rings. The van der Waals surface area contributed by atoms with E-state index in [0.717, 1.165) is 39.3 Å². The summed E-state index contributed by atoms with van der Waals surface area (Å²) in [4.78, 5) is 16.5. The van der Waals surface area contributed by atoms with Gasteiger partial charge in [0.05, 0.1) is 0 Å². The molecule has 0 aromatic carbocycles. The Hall–Kier alpha value is -0.610. The highest BCUT2D eigenvalue weighted by molar-refractivity contribution is 5.76. The largest absolute Gasteiger partial charge is 0.340 e. The first-order chi connectivity index (χ1) is 8.50. The molecule has 1 N–H and O–H groups in total. The van der Waals surface area contributed by atoms with Gasteiger partial charge < -0.3 is 15.1 Å². The molecule has 0 saturated carbocycles. The van der Waals surface area contributed by atoms with Crippen LogP contribution in [0.5, 0.6) is 0 Å². The Morgan fingerprint density at radius 3 is 2.33 bits per heavy atom. The Balaban J connectivity index is 2.33. The molecular weight excluding hydrogens is 226 g/mol. The lowest BCUT2D eigenvalue weighted by Gasteiger charge is -2.31. The summed E-state index contributed by atoms with van der Waals surface area (Å²) in [5.41, 5.74) is 0. The van der Waals surface area contributed by atoms with Crippen molar-refractivity contribution in [1.29, 1.82) is 0 Å². The van der Waals surface area contributed by atoms with Crippen LogP contribution in [0.2, 0.25) is 0 Å². The Morgan fingerprint density at radius 1 is 1.22 bits per heavy atom. The SMILES string of the molecule is CC(C)CN(CCC(=O)N1CCNCC1)C(C)C. The number of piperazine rings is 1. The molecule has 1 saturated heterocycles. The normalized spacial score (nSPS) is 16.9. The summed E-state index contributed by atoms with van der Waals surface area (Å²) in [6.45, 7) is 14.4. The second-order valence-electron chi connectivity index (χ2n) is 5.86. The number of carbonyl (C=O) groups excluding carboxylic acids is 1. The molecule has 0 bridgehead atoms. The lowest BCUT2D eigenvalue weighted by molar-refractivity contribution is -0.132. The molecule has 0 aromatic heterocycles. The van der Waals surface area contributed by atoms with Gasteiger partial charge in [-0.25, -0.2) is 0 Å². The van der Waals surface area contributed by atoms with Gasteiger partial charge in [0.15, 0.2) is 0 Å². The average molecular weight is 255 g/mol. The highest BCUT2D eigenvalue weighted by atomic mass is 16.2.